The summed E-state index contributed by atoms with van der Waals surface area (Å²) in [5.41, 5.74) is 7.18. The number of fused-ring (bicyclic) bond motifs is 1. The predicted octanol–water partition coefficient (Wildman–Crippen LogP) is 2.73. The molecular weight excluding hydrogens is 289 g/mol. The Labute approximate surface area is 107 Å². The smallest absolute Gasteiger partial charge is 0.201 e. The van der Waals surface area contributed by atoms with Gasteiger partial charge in [0.1, 0.15) is 5.82 Å². The van der Waals surface area contributed by atoms with Crippen molar-refractivity contribution < 1.29 is 9.13 Å². The molecule has 4 nitrogen and oxygen atoms in total. The highest BCUT2D eigenvalue weighted by Gasteiger charge is 2.15. The SMILES string of the molecule is COCC(C)n1c(N)nc2cc(F)c(Br)cc21. The molecule has 0 bridgehead atoms. The first-order valence-corrected chi connectivity index (χ1v) is 5.95. The van der Waals surface area contributed by atoms with E-state index in [2.05, 4.69) is 20.9 Å². The lowest BCUT2D eigenvalue weighted by Crippen LogP contribution is -2.13. The van der Waals surface area contributed by atoms with Crippen LogP contribution in [0.15, 0.2) is 16.6 Å². The number of rotatable bonds is 3. The average Bonchev–Trinajstić information content (AvgIpc) is 2.55. The molecule has 0 amide bonds. The standard InChI is InChI=1S/C11H13BrFN3O/c1-6(5-17-2)16-10-3-7(12)8(13)4-9(10)15-11(16)14/h3-4,6H,5H2,1-2H3,(H2,14,15). The van der Waals surface area contributed by atoms with Crippen molar-refractivity contribution in [2.75, 3.05) is 19.5 Å². The molecule has 1 aromatic heterocycles. The molecule has 1 aromatic carbocycles. The van der Waals surface area contributed by atoms with Gasteiger partial charge in [-0.25, -0.2) is 9.37 Å². The van der Waals surface area contributed by atoms with Crippen molar-refractivity contribution in [3.8, 4) is 0 Å². The number of hydrogen-bond acceptors (Lipinski definition) is 3. The maximum Gasteiger partial charge on any atom is 0.201 e. The van der Waals surface area contributed by atoms with Gasteiger partial charge < -0.3 is 15.0 Å². The van der Waals surface area contributed by atoms with Crippen LogP contribution in [-0.2, 0) is 4.74 Å². The lowest BCUT2D eigenvalue weighted by molar-refractivity contribution is 0.164. The third-order valence-corrected chi connectivity index (χ3v) is 3.22. The predicted molar refractivity (Wildman–Crippen MR) is 68.4 cm³/mol. The fourth-order valence-corrected chi connectivity index (χ4v) is 2.22. The topological polar surface area (TPSA) is 53.1 Å². The molecule has 2 N–H and O–H groups in total. The van der Waals surface area contributed by atoms with Gasteiger partial charge in [0.05, 0.1) is 28.2 Å². The molecule has 0 aliphatic rings. The molecule has 92 valence electrons. The molecule has 6 heteroatoms. The number of benzene rings is 1. The highest BCUT2D eigenvalue weighted by molar-refractivity contribution is 9.10. The van der Waals surface area contributed by atoms with Crippen molar-refractivity contribution in [1.82, 2.24) is 9.55 Å². The maximum atomic E-state index is 13.4. The van der Waals surface area contributed by atoms with Crippen molar-refractivity contribution in [3.63, 3.8) is 0 Å². The molecule has 0 saturated carbocycles. The fourth-order valence-electron chi connectivity index (χ4n) is 1.89. The number of hydrogen-bond donors (Lipinski definition) is 1. The lowest BCUT2D eigenvalue weighted by Gasteiger charge is -2.14. The molecule has 1 atom stereocenters. The second-order valence-corrected chi connectivity index (χ2v) is 4.75. The first-order chi connectivity index (χ1) is 8.04. The minimum absolute atomic E-state index is 0.0439. The van der Waals surface area contributed by atoms with Crippen molar-refractivity contribution >= 4 is 32.9 Å². The van der Waals surface area contributed by atoms with Crippen LogP contribution in [0.5, 0.6) is 0 Å². The molecule has 1 heterocycles. The highest BCUT2D eigenvalue weighted by Crippen LogP contribution is 2.27. The summed E-state index contributed by atoms with van der Waals surface area (Å²) in [6, 6.07) is 3.09. The van der Waals surface area contributed by atoms with Gasteiger partial charge in [0.25, 0.3) is 0 Å². The van der Waals surface area contributed by atoms with Crippen LogP contribution in [0.2, 0.25) is 0 Å². The Bertz CT molecular complexity index is 555. The molecule has 1 unspecified atom stereocenters. The van der Waals surface area contributed by atoms with Gasteiger partial charge in [-0.15, -0.1) is 0 Å². The van der Waals surface area contributed by atoms with Gasteiger partial charge in [0, 0.05) is 13.2 Å². The molecule has 0 spiro atoms. The summed E-state index contributed by atoms with van der Waals surface area (Å²) < 4.78 is 20.7. The van der Waals surface area contributed by atoms with Crippen molar-refractivity contribution in [1.29, 1.82) is 0 Å². The normalized spacial score (nSPS) is 13.2. The van der Waals surface area contributed by atoms with E-state index in [1.54, 1.807) is 13.2 Å². The van der Waals surface area contributed by atoms with E-state index in [9.17, 15) is 4.39 Å². The van der Waals surface area contributed by atoms with Gasteiger partial charge >= 0.3 is 0 Å². The summed E-state index contributed by atoms with van der Waals surface area (Å²) >= 11 is 3.16. The van der Waals surface area contributed by atoms with E-state index in [4.69, 9.17) is 10.5 Å². The van der Waals surface area contributed by atoms with E-state index in [1.807, 2.05) is 11.5 Å². The van der Waals surface area contributed by atoms with Crippen LogP contribution >= 0.6 is 15.9 Å². The molecule has 0 aliphatic carbocycles. The van der Waals surface area contributed by atoms with Crippen molar-refractivity contribution in [2.45, 2.75) is 13.0 Å². The second-order valence-electron chi connectivity index (χ2n) is 3.90. The Hall–Kier alpha value is -1.14. The van der Waals surface area contributed by atoms with E-state index in [1.165, 1.54) is 6.07 Å². The van der Waals surface area contributed by atoms with Crippen molar-refractivity contribution in [2.24, 2.45) is 0 Å². The summed E-state index contributed by atoms with van der Waals surface area (Å²) in [7, 11) is 1.63. The van der Waals surface area contributed by atoms with Crippen LogP contribution in [0.4, 0.5) is 10.3 Å². The van der Waals surface area contributed by atoms with Crippen LogP contribution < -0.4 is 5.73 Å². The summed E-state index contributed by atoms with van der Waals surface area (Å²) in [6.45, 7) is 2.49. The summed E-state index contributed by atoms with van der Waals surface area (Å²) in [4.78, 5) is 4.14. The molecule has 0 saturated heterocycles. The molecule has 2 aromatic rings. The Balaban J connectivity index is 2.62. The number of nitrogens with zero attached hydrogens (tertiary/aromatic N) is 2. The zero-order chi connectivity index (χ0) is 12.6. The van der Waals surface area contributed by atoms with E-state index < -0.39 is 0 Å². The molecule has 0 fully saturated rings. The van der Waals surface area contributed by atoms with E-state index >= 15 is 0 Å². The van der Waals surface area contributed by atoms with Gasteiger partial charge in [-0.1, -0.05) is 0 Å². The number of imidazole rings is 1. The van der Waals surface area contributed by atoms with Crippen LogP contribution in [-0.4, -0.2) is 23.3 Å². The number of methoxy groups -OCH3 is 1. The maximum absolute atomic E-state index is 13.4. The Morgan fingerprint density at radius 2 is 2.29 bits per heavy atom. The first-order valence-electron chi connectivity index (χ1n) is 5.16. The molecular formula is C11H13BrFN3O. The number of halogens is 2. The zero-order valence-corrected chi connectivity index (χ0v) is 11.2. The van der Waals surface area contributed by atoms with Gasteiger partial charge in [0.2, 0.25) is 5.95 Å². The highest BCUT2D eigenvalue weighted by atomic mass is 79.9. The minimum Gasteiger partial charge on any atom is -0.383 e. The van der Waals surface area contributed by atoms with Crippen molar-refractivity contribution in [3.05, 3.63) is 22.4 Å². The third kappa shape index (κ3) is 2.14. The largest absolute Gasteiger partial charge is 0.383 e. The second kappa shape index (κ2) is 4.62. The van der Waals surface area contributed by atoms with Crippen LogP contribution in [0.25, 0.3) is 11.0 Å². The average molecular weight is 302 g/mol. The Kier molecular flexibility index (Phi) is 3.35. The summed E-state index contributed by atoms with van der Waals surface area (Å²) in [5.74, 6) is 0.0172. The Morgan fingerprint density at radius 1 is 1.59 bits per heavy atom. The van der Waals surface area contributed by atoms with Crippen LogP contribution in [0.1, 0.15) is 13.0 Å². The van der Waals surface area contributed by atoms with Gasteiger partial charge in [-0.3, -0.25) is 0 Å². The van der Waals surface area contributed by atoms with Gasteiger partial charge in [-0.2, -0.15) is 0 Å². The first kappa shape index (κ1) is 12.3. The zero-order valence-electron chi connectivity index (χ0n) is 9.58. The molecule has 0 radical (unpaired) electrons. The third-order valence-electron chi connectivity index (χ3n) is 2.61. The molecule has 0 aliphatic heterocycles. The summed E-state index contributed by atoms with van der Waals surface area (Å²) in [6.07, 6.45) is 0. The lowest BCUT2D eigenvalue weighted by atomic mass is 10.3. The number of anilines is 1. The van der Waals surface area contributed by atoms with Gasteiger partial charge in [0.15, 0.2) is 0 Å². The Morgan fingerprint density at radius 3 is 2.94 bits per heavy atom. The molecule has 17 heavy (non-hydrogen) atoms. The van der Waals surface area contributed by atoms with E-state index in [0.29, 0.717) is 22.5 Å². The van der Waals surface area contributed by atoms with Crippen LogP contribution in [0, 0.1) is 5.82 Å². The number of aromatic nitrogens is 2. The number of nitrogen functional groups attached to an aromatic ring is 1. The monoisotopic (exact) mass is 301 g/mol. The molecule has 2 rings (SSSR count). The quantitative estimate of drug-likeness (QED) is 0.948. The van der Waals surface area contributed by atoms with Gasteiger partial charge in [-0.05, 0) is 28.9 Å². The van der Waals surface area contributed by atoms with Crippen LogP contribution in [0.3, 0.4) is 0 Å². The fraction of sp³-hybridized carbons (Fsp3) is 0.364. The van der Waals surface area contributed by atoms with E-state index in [-0.39, 0.29) is 11.9 Å². The van der Waals surface area contributed by atoms with E-state index in [0.717, 1.165) is 5.52 Å². The number of nitrogens with two attached hydrogens (primary N) is 1. The number of ether oxygens (including phenoxy) is 1. The summed E-state index contributed by atoms with van der Waals surface area (Å²) in [5, 5.41) is 0. The minimum atomic E-state index is -0.346.